The molecule has 24 heavy (non-hydrogen) atoms. The van der Waals surface area contributed by atoms with Crippen molar-refractivity contribution in [3.8, 4) is 0 Å². The molecular formula is C19H31N3OS. The zero-order chi connectivity index (χ0) is 17.2. The number of rotatable bonds is 8. The Morgan fingerprint density at radius 1 is 1.12 bits per heavy atom. The van der Waals surface area contributed by atoms with Gasteiger partial charge in [-0.3, -0.25) is 4.90 Å². The molecular weight excluding hydrogens is 318 g/mol. The van der Waals surface area contributed by atoms with E-state index in [9.17, 15) is 0 Å². The first kappa shape index (κ1) is 19.2. The molecule has 4 nitrogen and oxygen atoms in total. The fraction of sp³-hybridized carbons (Fsp3) is 0.632. The van der Waals surface area contributed by atoms with Crippen LogP contribution < -0.4 is 10.6 Å². The lowest BCUT2D eigenvalue weighted by molar-refractivity contribution is 0.0376. The molecule has 0 bridgehead atoms. The van der Waals surface area contributed by atoms with Crippen molar-refractivity contribution >= 4 is 17.3 Å². The number of hydrogen-bond acceptors (Lipinski definition) is 3. The Hall–Kier alpha value is -1.17. The number of benzene rings is 1. The van der Waals surface area contributed by atoms with E-state index in [0.717, 1.165) is 70.3 Å². The Morgan fingerprint density at radius 2 is 1.83 bits per heavy atom. The quantitative estimate of drug-likeness (QED) is 0.557. The van der Waals surface area contributed by atoms with Crippen molar-refractivity contribution in [2.24, 2.45) is 0 Å². The lowest BCUT2D eigenvalue weighted by Crippen LogP contribution is -2.40. The lowest BCUT2D eigenvalue weighted by atomic mass is 10.0. The smallest absolute Gasteiger partial charge is 0.166 e. The molecule has 1 aliphatic rings. The third kappa shape index (κ3) is 7.16. The van der Waals surface area contributed by atoms with Crippen LogP contribution >= 0.6 is 12.2 Å². The van der Waals surface area contributed by atoms with Crippen LogP contribution in [-0.4, -0.2) is 55.9 Å². The summed E-state index contributed by atoms with van der Waals surface area (Å²) < 4.78 is 5.36. The van der Waals surface area contributed by atoms with E-state index in [4.69, 9.17) is 17.0 Å². The van der Waals surface area contributed by atoms with E-state index in [1.165, 1.54) is 16.7 Å². The molecule has 1 aromatic rings. The number of aryl methyl sites for hydroxylation is 3. The molecule has 2 N–H and O–H groups in total. The summed E-state index contributed by atoms with van der Waals surface area (Å²) in [5, 5.41) is 7.39. The van der Waals surface area contributed by atoms with Crippen LogP contribution in [0.1, 0.15) is 29.5 Å². The first-order chi connectivity index (χ1) is 11.6. The predicted molar refractivity (Wildman–Crippen MR) is 105 cm³/mol. The minimum absolute atomic E-state index is 0.776. The van der Waals surface area contributed by atoms with Gasteiger partial charge in [0.2, 0.25) is 0 Å². The van der Waals surface area contributed by atoms with E-state index >= 15 is 0 Å². The van der Waals surface area contributed by atoms with Gasteiger partial charge in [0.25, 0.3) is 0 Å². The van der Waals surface area contributed by atoms with Gasteiger partial charge in [0, 0.05) is 26.2 Å². The summed E-state index contributed by atoms with van der Waals surface area (Å²) in [7, 11) is 0. The SMILES string of the molecule is Cc1ccc(CCCNC(=S)NCCCN2CCOCC2)c(C)c1. The highest BCUT2D eigenvalue weighted by Gasteiger charge is 2.09. The Kier molecular flexibility index (Phi) is 8.50. The summed E-state index contributed by atoms with van der Waals surface area (Å²) in [6.45, 7) is 11.1. The third-order valence-corrected chi connectivity index (χ3v) is 4.74. The molecule has 0 amide bonds. The molecule has 0 saturated carbocycles. The fourth-order valence-corrected chi connectivity index (χ4v) is 3.20. The lowest BCUT2D eigenvalue weighted by Gasteiger charge is -2.26. The van der Waals surface area contributed by atoms with Crippen molar-refractivity contribution in [2.75, 3.05) is 45.9 Å². The van der Waals surface area contributed by atoms with Crippen LogP contribution in [-0.2, 0) is 11.2 Å². The first-order valence-corrected chi connectivity index (χ1v) is 9.44. The average Bonchev–Trinajstić information content (AvgIpc) is 2.58. The Bertz CT molecular complexity index is 515. The van der Waals surface area contributed by atoms with Crippen molar-refractivity contribution in [3.63, 3.8) is 0 Å². The number of nitrogens with one attached hydrogen (secondary N) is 2. The van der Waals surface area contributed by atoms with E-state index in [1.807, 2.05) is 0 Å². The van der Waals surface area contributed by atoms with Crippen molar-refractivity contribution in [1.82, 2.24) is 15.5 Å². The van der Waals surface area contributed by atoms with E-state index < -0.39 is 0 Å². The summed E-state index contributed by atoms with van der Waals surface area (Å²) >= 11 is 5.34. The van der Waals surface area contributed by atoms with Crippen LogP contribution in [0, 0.1) is 13.8 Å². The maximum Gasteiger partial charge on any atom is 0.166 e. The predicted octanol–water partition coefficient (Wildman–Crippen LogP) is 2.42. The highest BCUT2D eigenvalue weighted by molar-refractivity contribution is 7.80. The van der Waals surface area contributed by atoms with Gasteiger partial charge < -0.3 is 15.4 Å². The molecule has 0 spiro atoms. The summed E-state index contributed by atoms with van der Waals surface area (Å²) in [6.07, 6.45) is 3.31. The molecule has 1 fully saturated rings. The zero-order valence-electron chi connectivity index (χ0n) is 15.1. The summed E-state index contributed by atoms with van der Waals surface area (Å²) in [5.41, 5.74) is 4.16. The minimum Gasteiger partial charge on any atom is -0.379 e. The van der Waals surface area contributed by atoms with Gasteiger partial charge in [0.05, 0.1) is 13.2 Å². The van der Waals surface area contributed by atoms with E-state index in [1.54, 1.807) is 0 Å². The van der Waals surface area contributed by atoms with Gasteiger partial charge in [-0.1, -0.05) is 23.8 Å². The van der Waals surface area contributed by atoms with Crippen LogP contribution in [0.3, 0.4) is 0 Å². The maximum atomic E-state index is 5.36. The van der Waals surface area contributed by atoms with Crippen molar-refractivity contribution in [3.05, 3.63) is 34.9 Å². The highest BCUT2D eigenvalue weighted by Crippen LogP contribution is 2.12. The molecule has 0 aliphatic carbocycles. The minimum atomic E-state index is 0.776. The number of thiocarbonyl (C=S) groups is 1. The summed E-state index contributed by atoms with van der Waals surface area (Å²) in [5.74, 6) is 0. The summed E-state index contributed by atoms with van der Waals surface area (Å²) in [6, 6.07) is 6.69. The zero-order valence-corrected chi connectivity index (χ0v) is 15.9. The maximum absolute atomic E-state index is 5.36. The van der Waals surface area contributed by atoms with Crippen LogP contribution in [0.15, 0.2) is 18.2 Å². The van der Waals surface area contributed by atoms with Gasteiger partial charge in [-0.2, -0.15) is 0 Å². The standard InChI is InChI=1S/C19H31N3OS/c1-16-6-7-18(17(2)15-16)5-3-8-20-19(24)21-9-4-10-22-11-13-23-14-12-22/h6-7,15H,3-5,8-14H2,1-2H3,(H2,20,21,24). The second-order valence-corrected chi connectivity index (χ2v) is 6.93. The van der Waals surface area contributed by atoms with E-state index in [-0.39, 0.29) is 0 Å². The van der Waals surface area contributed by atoms with Gasteiger partial charge in [-0.25, -0.2) is 0 Å². The number of ether oxygens (including phenoxy) is 1. The van der Waals surface area contributed by atoms with Gasteiger partial charge in [0.1, 0.15) is 0 Å². The van der Waals surface area contributed by atoms with Crippen molar-refractivity contribution in [2.45, 2.75) is 33.1 Å². The topological polar surface area (TPSA) is 36.5 Å². The Labute approximate surface area is 152 Å². The molecule has 1 saturated heterocycles. The van der Waals surface area contributed by atoms with Crippen LogP contribution in [0.2, 0.25) is 0 Å². The van der Waals surface area contributed by atoms with E-state index in [2.05, 4.69) is 47.6 Å². The molecule has 134 valence electrons. The fourth-order valence-electron chi connectivity index (χ4n) is 3.00. The highest BCUT2D eigenvalue weighted by atomic mass is 32.1. The molecule has 5 heteroatoms. The van der Waals surface area contributed by atoms with Gasteiger partial charge in [-0.15, -0.1) is 0 Å². The van der Waals surface area contributed by atoms with Crippen LogP contribution in [0.25, 0.3) is 0 Å². The van der Waals surface area contributed by atoms with Gasteiger partial charge in [-0.05, 0) is 63.0 Å². The third-order valence-electron chi connectivity index (χ3n) is 4.45. The number of hydrogen-bond donors (Lipinski definition) is 2. The van der Waals surface area contributed by atoms with Crippen LogP contribution in [0.4, 0.5) is 0 Å². The Balaban J connectivity index is 1.50. The van der Waals surface area contributed by atoms with Crippen LogP contribution in [0.5, 0.6) is 0 Å². The second-order valence-electron chi connectivity index (χ2n) is 6.52. The normalized spacial score (nSPS) is 15.2. The molecule has 0 unspecified atom stereocenters. The largest absolute Gasteiger partial charge is 0.379 e. The molecule has 0 radical (unpaired) electrons. The first-order valence-electron chi connectivity index (χ1n) is 9.03. The molecule has 2 rings (SSSR count). The molecule has 1 aromatic carbocycles. The van der Waals surface area contributed by atoms with Gasteiger partial charge in [0.15, 0.2) is 5.11 Å². The molecule has 0 aromatic heterocycles. The summed E-state index contributed by atoms with van der Waals surface area (Å²) in [4.78, 5) is 2.45. The number of morpholine rings is 1. The monoisotopic (exact) mass is 349 g/mol. The molecule has 0 atom stereocenters. The number of nitrogens with zero attached hydrogens (tertiary/aromatic N) is 1. The molecule has 1 aliphatic heterocycles. The average molecular weight is 350 g/mol. The Morgan fingerprint density at radius 3 is 2.54 bits per heavy atom. The van der Waals surface area contributed by atoms with Crippen molar-refractivity contribution in [1.29, 1.82) is 0 Å². The van der Waals surface area contributed by atoms with Gasteiger partial charge >= 0.3 is 0 Å². The molecule has 1 heterocycles. The second kappa shape index (κ2) is 10.6. The van der Waals surface area contributed by atoms with Crippen molar-refractivity contribution < 1.29 is 4.74 Å². The van der Waals surface area contributed by atoms with E-state index in [0.29, 0.717) is 0 Å².